The van der Waals surface area contributed by atoms with Crippen LogP contribution in [-0.2, 0) is 5.66 Å². The molecule has 0 radical (unpaired) electrons. The summed E-state index contributed by atoms with van der Waals surface area (Å²) in [6, 6.07) is 4.25. The van der Waals surface area contributed by atoms with Crippen LogP contribution in [-0.4, -0.2) is 20.0 Å². The Morgan fingerprint density at radius 3 is 2.58 bits per heavy atom. The maximum absolute atomic E-state index is 13.3. The maximum Gasteiger partial charge on any atom is 0.283 e. The molecule has 0 saturated carbocycles. The van der Waals surface area contributed by atoms with Gasteiger partial charge in [0.05, 0.1) is 10.7 Å². The molecule has 2 atom stereocenters. The van der Waals surface area contributed by atoms with Crippen molar-refractivity contribution >= 4 is 54.0 Å². The van der Waals surface area contributed by atoms with E-state index in [9.17, 15) is 8.78 Å². The summed E-state index contributed by atoms with van der Waals surface area (Å²) in [6.45, 7) is 3.42. The smallest absolute Gasteiger partial charge is 0.283 e. The lowest BCUT2D eigenvalue weighted by Crippen LogP contribution is -2.08. The summed E-state index contributed by atoms with van der Waals surface area (Å²) in [6.07, 6.45) is 1.39. The van der Waals surface area contributed by atoms with Gasteiger partial charge >= 0.3 is 0 Å². The molecule has 2 unspecified atom stereocenters. The van der Waals surface area contributed by atoms with Crippen molar-refractivity contribution in [1.82, 2.24) is 0 Å². The predicted octanol–water partition coefficient (Wildman–Crippen LogP) is 3.42. The zero-order chi connectivity index (χ0) is 14.6. The standard InChI is InChI=1S/C12H13ClF2N2P2/c1-16-6-9(13)11(17-2)8-5-7(12(14,15)19)3-4-10(8)18/h3-6H,2,18-19H2,1H3/b11-9+,16-6?. The summed E-state index contributed by atoms with van der Waals surface area (Å²) in [5, 5.41) is 0.938. The molecule has 7 heteroatoms. The number of aliphatic imine (C=N–C) groups is 2. The van der Waals surface area contributed by atoms with E-state index in [2.05, 4.69) is 25.9 Å². The molecular weight excluding hydrogens is 308 g/mol. The molecule has 2 nitrogen and oxygen atoms in total. The minimum absolute atomic E-state index is 0.141. The summed E-state index contributed by atoms with van der Waals surface area (Å²) in [7, 11) is 5.51. The number of rotatable bonds is 4. The van der Waals surface area contributed by atoms with Crippen molar-refractivity contribution in [2.24, 2.45) is 9.98 Å². The van der Waals surface area contributed by atoms with Gasteiger partial charge in [-0.25, -0.2) is 0 Å². The second-order valence-electron chi connectivity index (χ2n) is 3.67. The first-order chi connectivity index (χ1) is 8.81. The molecule has 0 aliphatic heterocycles. The van der Waals surface area contributed by atoms with Gasteiger partial charge in [-0.05, 0) is 18.1 Å². The molecule has 0 bridgehead atoms. The van der Waals surface area contributed by atoms with Gasteiger partial charge in [0.15, 0.2) is 0 Å². The number of hydrogen-bond acceptors (Lipinski definition) is 2. The van der Waals surface area contributed by atoms with Crippen LogP contribution in [0.1, 0.15) is 11.1 Å². The van der Waals surface area contributed by atoms with Gasteiger partial charge in [-0.2, -0.15) is 8.78 Å². The Balaban J connectivity index is 3.48. The highest BCUT2D eigenvalue weighted by molar-refractivity contribution is 7.27. The lowest BCUT2D eigenvalue weighted by atomic mass is 10.1. The zero-order valence-electron chi connectivity index (χ0n) is 10.2. The van der Waals surface area contributed by atoms with E-state index >= 15 is 0 Å². The second-order valence-corrected chi connectivity index (χ2v) is 5.42. The molecule has 1 rings (SSSR count). The molecule has 0 fully saturated rings. The molecule has 0 saturated heterocycles. The average Bonchev–Trinajstić information content (AvgIpc) is 2.31. The number of allylic oxidation sites excluding steroid dienone is 1. The molecule has 0 N–H and O–H groups in total. The minimum Gasteiger partial charge on any atom is -0.295 e. The molecule has 19 heavy (non-hydrogen) atoms. The van der Waals surface area contributed by atoms with E-state index in [0.717, 1.165) is 0 Å². The van der Waals surface area contributed by atoms with Crippen molar-refractivity contribution in [2.45, 2.75) is 5.66 Å². The first-order valence-electron chi connectivity index (χ1n) is 5.17. The van der Waals surface area contributed by atoms with E-state index in [4.69, 9.17) is 11.6 Å². The van der Waals surface area contributed by atoms with Gasteiger partial charge in [0.25, 0.3) is 5.66 Å². The molecule has 102 valence electrons. The Kier molecular flexibility index (Phi) is 5.73. The van der Waals surface area contributed by atoms with E-state index < -0.39 is 5.66 Å². The zero-order valence-corrected chi connectivity index (χ0v) is 13.3. The minimum atomic E-state index is -3.01. The highest BCUT2D eigenvalue weighted by Gasteiger charge is 2.25. The average molecular weight is 321 g/mol. The van der Waals surface area contributed by atoms with E-state index in [1.807, 2.05) is 0 Å². The Morgan fingerprint density at radius 2 is 2.11 bits per heavy atom. The largest absolute Gasteiger partial charge is 0.295 e. The van der Waals surface area contributed by atoms with Gasteiger partial charge < -0.3 is 0 Å². The number of alkyl halides is 2. The lowest BCUT2D eigenvalue weighted by Gasteiger charge is -2.14. The van der Waals surface area contributed by atoms with Crippen molar-refractivity contribution in [2.75, 3.05) is 7.05 Å². The molecular formula is C12H13ClF2N2P2. The third kappa shape index (κ3) is 4.14. The van der Waals surface area contributed by atoms with Crippen molar-refractivity contribution in [3.63, 3.8) is 0 Å². The molecule has 0 spiro atoms. The molecule has 1 aromatic rings. The molecule has 0 aliphatic rings. The van der Waals surface area contributed by atoms with Gasteiger partial charge in [0.1, 0.15) is 0 Å². The van der Waals surface area contributed by atoms with E-state index in [0.29, 0.717) is 16.6 Å². The van der Waals surface area contributed by atoms with Crippen LogP contribution in [0.25, 0.3) is 5.70 Å². The van der Waals surface area contributed by atoms with Crippen LogP contribution in [0, 0.1) is 0 Å². The summed E-state index contributed by atoms with van der Waals surface area (Å²) >= 11 is 6.01. The third-order valence-corrected chi connectivity index (χ3v) is 3.43. The quantitative estimate of drug-likeness (QED) is 0.600. The number of halogens is 3. The summed E-state index contributed by atoms with van der Waals surface area (Å²) < 4.78 is 26.6. The van der Waals surface area contributed by atoms with Crippen LogP contribution >= 0.6 is 30.1 Å². The highest BCUT2D eigenvalue weighted by Crippen LogP contribution is 2.36. The Labute approximate surface area is 120 Å². The lowest BCUT2D eigenvalue weighted by molar-refractivity contribution is 0.104. The molecule has 0 aromatic heterocycles. The summed E-state index contributed by atoms with van der Waals surface area (Å²) in [5.41, 5.74) is -2.36. The topological polar surface area (TPSA) is 24.7 Å². The van der Waals surface area contributed by atoms with Crippen LogP contribution in [0.4, 0.5) is 8.78 Å². The van der Waals surface area contributed by atoms with E-state index in [1.165, 1.54) is 27.6 Å². The van der Waals surface area contributed by atoms with Gasteiger partial charge in [-0.15, -0.1) is 9.24 Å². The fourth-order valence-electron chi connectivity index (χ4n) is 1.43. The molecule has 0 amide bonds. The van der Waals surface area contributed by atoms with Gasteiger partial charge in [0, 0.05) is 24.4 Å². The third-order valence-electron chi connectivity index (χ3n) is 2.32. The number of hydrogen-bond donors (Lipinski definition) is 0. The summed E-state index contributed by atoms with van der Waals surface area (Å²) in [4.78, 5) is 7.57. The number of nitrogens with zero attached hydrogens (tertiary/aromatic N) is 2. The van der Waals surface area contributed by atoms with Crippen molar-refractivity contribution in [1.29, 1.82) is 0 Å². The predicted molar refractivity (Wildman–Crippen MR) is 86.1 cm³/mol. The van der Waals surface area contributed by atoms with Gasteiger partial charge in [0.2, 0.25) is 0 Å². The Bertz CT molecular complexity index is 551. The monoisotopic (exact) mass is 320 g/mol. The van der Waals surface area contributed by atoms with Crippen molar-refractivity contribution in [3.05, 3.63) is 34.4 Å². The molecule has 0 aliphatic carbocycles. The first-order valence-corrected chi connectivity index (χ1v) is 6.70. The van der Waals surface area contributed by atoms with Crippen molar-refractivity contribution < 1.29 is 8.78 Å². The molecule has 0 heterocycles. The summed E-state index contributed by atoms with van der Waals surface area (Å²) in [5.74, 6) is 0. The van der Waals surface area contributed by atoms with Crippen LogP contribution in [0.15, 0.2) is 33.2 Å². The second kappa shape index (κ2) is 6.65. The van der Waals surface area contributed by atoms with E-state index in [-0.39, 0.29) is 10.6 Å². The fourth-order valence-corrected chi connectivity index (χ4v) is 2.19. The molecule has 1 aromatic carbocycles. The fraction of sp³-hybridized carbons (Fsp3) is 0.167. The first kappa shape index (κ1) is 16.4. The van der Waals surface area contributed by atoms with Gasteiger partial charge in [-0.1, -0.05) is 33.0 Å². The SMILES string of the molecule is C=N/C(=C(/Cl)C=NC)c1cc(C(F)(F)P)ccc1P. The van der Waals surface area contributed by atoms with Crippen LogP contribution in [0.3, 0.4) is 0 Å². The number of benzene rings is 1. The Morgan fingerprint density at radius 1 is 1.47 bits per heavy atom. The normalized spacial score (nSPS) is 13.6. The van der Waals surface area contributed by atoms with Crippen LogP contribution in [0.5, 0.6) is 0 Å². The van der Waals surface area contributed by atoms with Gasteiger partial charge in [-0.3, -0.25) is 9.98 Å². The Hall–Kier alpha value is -0.690. The van der Waals surface area contributed by atoms with E-state index in [1.54, 1.807) is 13.1 Å². The highest BCUT2D eigenvalue weighted by atomic mass is 35.5. The van der Waals surface area contributed by atoms with Crippen molar-refractivity contribution in [3.8, 4) is 0 Å². The van der Waals surface area contributed by atoms with Crippen LogP contribution in [0.2, 0.25) is 0 Å². The van der Waals surface area contributed by atoms with Crippen LogP contribution < -0.4 is 5.30 Å². The maximum atomic E-state index is 13.3.